The van der Waals surface area contributed by atoms with Gasteiger partial charge in [0.15, 0.2) is 0 Å². The van der Waals surface area contributed by atoms with Crippen molar-refractivity contribution >= 4 is 28.7 Å². The Labute approximate surface area is 157 Å². The fourth-order valence-corrected chi connectivity index (χ4v) is 3.50. The lowest BCUT2D eigenvalue weighted by Crippen LogP contribution is -2.12. The van der Waals surface area contributed by atoms with E-state index in [1.54, 1.807) is 13.1 Å². The maximum absolute atomic E-state index is 11.5. The topological polar surface area (TPSA) is 72.8 Å². The number of nitrogens with zero attached hydrogens (tertiary/aromatic N) is 2. The van der Waals surface area contributed by atoms with Gasteiger partial charge in [0.1, 0.15) is 5.75 Å². The normalized spacial score (nSPS) is 14.7. The monoisotopic (exact) mass is 373 g/mol. The number of ether oxygens (including phenoxy) is 2. The van der Waals surface area contributed by atoms with E-state index in [1.807, 2.05) is 29.6 Å². The molecule has 6 nitrogen and oxygen atoms in total. The van der Waals surface area contributed by atoms with Crippen LogP contribution in [0.25, 0.3) is 0 Å². The Balaban J connectivity index is 1.57. The number of nitrogens with one attached hydrogen (secondary N) is 1. The summed E-state index contributed by atoms with van der Waals surface area (Å²) in [6.07, 6.45) is 6.92. The van der Waals surface area contributed by atoms with E-state index in [2.05, 4.69) is 15.5 Å². The molecule has 0 amide bonds. The third kappa shape index (κ3) is 5.29. The number of carbonyl (C=O) groups excluding carboxylic acids is 1. The van der Waals surface area contributed by atoms with Gasteiger partial charge in [0.05, 0.1) is 31.0 Å². The second-order valence-corrected chi connectivity index (χ2v) is 6.92. The minimum Gasteiger partial charge on any atom is -0.490 e. The molecule has 1 N–H and O–H groups in total. The smallest absolute Gasteiger partial charge is 0.311 e. The summed E-state index contributed by atoms with van der Waals surface area (Å²) in [5.41, 5.74) is 4.51. The highest BCUT2D eigenvalue weighted by atomic mass is 32.1. The zero-order chi connectivity index (χ0) is 18.2. The maximum Gasteiger partial charge on any atom is 0.311 e. The molecule has 1 aromatic heterocycles. The highest BCUT2D eigenvalue weighted by Gasteiger charge is 2.17. The van der Waals surface area contributed by atoms with Crippen LogP contribution in [0.2, 0.25) is 0 Å². The van der Waals surface area contributed by atoms with Crippen LogP contribution in [-0.2, 0) is 16.0 Å². The van der Waals surface area contributed by atoms with Crippen molar-refractivity contribution in [3.05, 3.63) is 40.9 Å². The minimum atomic E-state index is -0.272. The second kappa shape index (κ2) is 9.33. The molecule has 138 valence electrons. The molecular weight excluding hydrogens is 350 g/mol. The quantitative estimate of drug-likeness (QED) is 0.430. The first kappa shape index (κ1) is 18.4. The van der Waals surface area contributed by atoms with E-state index in [1.165, 1.54) is 24.2 Å². The predicted octanol–water partition coefficient (Wildman–Crippen LogP) is 4.02. The summed E-state index contributed by atoms with van der Waals surface area (Å²) in [4.78, 5) is 15.8. The highest BCUT2D eigenvalue weighted by Crippen LogP contribution is 2.26. The van der Waals surface area contributed by atoms with E-state index in [0.717, 1.165) is 24.2 Å². The van der Waals surface area contributed by atoms with E-state index in [4.69, 9.17) is 9.47 Å². The summed E-state index contributed by atoms with van der Waals surface area (Å²) in [6.45, 7) is 2.16. The van der Waals surface area contributed by atoms with Crippen molar-refractivity contribution in [3.63, 3.8) is 0 Å². The second-order valence-electron chi connectivity index (χ2n) is 6.06. The largest absolute Gasteiger partial charge is 0.490 e. The molecule has 0 bridgehead atoms. The summed E-state index contributed by atoms with van der Waals surface area (Å²) in [5, 5.41) is 6.71. The minimum absolute atomic E-state index is 0.174. The first-order valence-corrected chi connectivity index (χ1v) is 9.77. The number of esters is 1. The average molecular weight is 373 g/mol. The lowest BCUT2D eigenvalue weighted by molar-refractivity contribution is -0.142. The summed E-state index contributed by atoms with van der Waals surface area (Å²) in [6, 6.07) is 7.88. The van der Waals surface area contributed by atoms with Crippen LogP contribution in [0, 0.1) is 0 Å². The summed E-state index contributed by atoms with van der Waals surface area (Å²) >= 11 is 1.40. The molecule has 0 aliphatic heterocycles. The molecule has 0 radical (unpaired) electrons. The fourth-order valence-electron chi connectivity index (χ4n) is 2.84. The number of rotatable bonds is 8. The van der Waals surface area contributed by atoms with Gasteiger partial charge < -0.3 is 9.47 Å². The van der Waals surface area contributed by atoms with Crippen molar-refractivity contribution in [2.45, 2.75) is 45.1 Å². The highest BCUT2D eigenvalue weighted by molar-refractivity contribution is 7.13. The van der Waals surface area contributed by atoms with E-state index in [0.29, 0.717) is 23.5 Å². The molecule has 3 rings (SSSR count). The number of hydrazone groups is 1. The first-order chi connectivity index (χ1) is 12.7. The van der Waals surface area contributed by atoms with Crippen molar-refractivity contribution in [3.8, 4) is 5.75 Å². The average Bonchev–Trinajstić information content (AvgIpc) is 3.29. The van der Waals surface area contributed by atoms with E-state index in [9.17, 15) is 4.79 Å². The summed E-state index contributed by atoms with van der Waals surface area (Å²) in [7, 11) is 0. The third-order valence-electron chi connectivity index (χ3n) is 4.06. The Morgan fingerprint density at radius 3 is 3.00 bits per heavy atom. The van der Waals surface area contributed by atoms with Crippen LogP contribution in [0.15, 0.2) is 34.7 Å². The molecule has 0 spiro atoms. The molecule has 0 unspecified atom stereocenters. The zero-order valence-corrected chi connectivity index (χ0v) is 15.6. The maximum atomic E-state index is 11.5. The van der Waals surface area contributed by atoms with Gasteiger partial charge in [0, 0.05) is 10.9 Å². The van der Waals surface area contributed by atoms with Gasteiger partial charge in [-0.05, 0) is 44.7 Å². The molecule has 2 aromatic rings. The van der Waals surface area contributed by atoms with Crippen LogP contribution in [0.5, 0.6) is 5.75 Å². The van der Waals surface area contributed by atoms with Gasteiger partial charge in [0.25, 0.3) is 0 Å². The van der Waals surface area contributed by atoms with Crippen LogP contribution in [-0.4, -0.2) is 29.9 Å². The van der Waals surface area contributed by atoms with Crippen molar-refractivity contribution in [2.75, 3.05) is 12.0 Å². The molecule has 1 fully saturated rings. The number of para-hydroxylation sites is 1. The lowest BCUT2D eigenvalue weighted by Gasteiger charge is -2.14. The van der Waals surface area contributed by atoms with Gasteiger partial charge in [-0.15, -0.1) is 11.3 Å². The van der Waals surface area contributed by atoms with Crippen molar-refractivity contribution < 1.29 is 14.3 Å². The van der Waals surface area contributed by atoms with Gasteiger partial charge in [0.2, 0.25) is 5.13 Å². The Morgan fingerprint density at radius 1 is 1.38 bits per heavy atom. The van der Waals surface area contributed by atoms with Crippen LogP contribution >= 0.6 is 11.3 Å². The Kier molecular flexibility index (Phi) is 6.60. The molecular formula is C19H23N3O3S. The SMILES string of the molecule is CCOC(=O)Cc1csc(NN=Cc2ccccc2OC2CCCC2)n1. The van der Waals surface area contributed by atoms with E-state index in [-0.39, 0.29) is 12.4 Å². The molecule has 1 aliphatic rings. The third-order valence-corrected chi connectivity index (χ3v) is 4.86. The number of anilines is 1. The van der Waals surface area contributed by atoms with E-state index >= 15 is 0 Å². The Hall–Kier alpha value is -2.41. The molecule has 0 atom stereocenters. The van der Waals surface area contributed by atoms with Gasteiger partial charge >= 0.3 is 5.97 Å². The van der Waals surface area contributed by atoms with Gasteiger partial charge in [-0.1, -0.05) is 12.1 Å². The number of hydrogen-bond donors (Lipinski definition) is 1. The van der Waals surface area contributed by atoms with Crippen molar-refractivity contribution in [2.24, 2.45) is 5.10 Å². The standard InChI is InChI=1S/C19H23N3O3S/c1-2-24-18(23)11-15-13-26-19(21-15)22-20-12-14-7-3-6-10-17(14)25-16-8-4-5-9-16/h3,6-7,10,12-13,16H,2,4-5,8-9,11H2,1H3,(H,21,22). The molecule has 1 heterocycles. The molecule has 1 aromatic carbocycles. The first-order valence-electron chi connectivity index (χ1n) is 8.89. The Morgan fingerprint density at radius 2 is 2.19 bits per heavy atom. The molecule has 0 saturated heterocycles. The lowest BCUT2D eigenvalue weighted by atomic mass is 10.2. The number of carbonyl (C=O) groups is 1. The summed E-state index contributed by atoms with van der Waals surface area (Å²) < 4.78 is 11.0. The van der Waals surface area contributed by atoms with E-state index < -0.39 is 0 Å². The van der Waals surface area contributed by atoms with Gasteiger partial charge in [-0.2, -0.15) is 5.10 Å². The summed E-state index contributed by atoms with van der Waals surface area (Å²) in [5.74, 6) is 0.581. The van der Waals surface area contributed by atoms with Crippen LogP contribution in [0.4, 0.5) is 5.13 Å². The number of hydrogen-bond acceptors (Lipinski definition) is 7. The van der Waals surface area contributed by atoms with Crippen molar-refractivity contribution in [1.82, 2.24) is 4.98 Å². The molecule has 1 saturated carbocycles. The predicted molar refractivity (Wildman–Crippen MR) is 103 cm³/mol. The number of thiazole rings is 1. The van der Waals surface area contributed by atoms with Gasteiger partial charge in [-0.3, -0.25) is 10.2 Å². The molecule has 26 heavy (non-hydrogen) atoms. The fraction of sp³-hybridized carbons (Fsp3) is 0.421. The van der Waals surface area contributed by atoms with Crippen molar-refractivity contribution in [1.29, 1.82) is 0 Å². The van der Waals surface area contributed by atoms with Gasteiger partial charge in [-0.25, -0.2) is 4.98 Å². The number of benzene rings is 1. The van der Waals surface area contributed by atoms with Crippen LogP contribution in [0.1, 0.15) is 43.9 Å². The molecule has 7 heteroatoms. The Bertz CT molecular complexity index is 754. The zero-order valence-electron chi connectivity index (χ0n) is 14.8. The van der Waals surface area contributed by atoms with Crippen LogP contribution < -0.4 is 10.2 Å². The number of aromatic nitrogens is 1. The van der Waals surface area contributed by atoms with Crippen LogP contribution in [0.3, 0.4) is 0 Å². The molecule has 1 aliphatic carbocycles.